The van der Waals surface area contributed by atoms with Crippen molar-refractivity contribution in [3.63, 3.8) is 0 Å². The fourth-order valence-corrected chi connectivity index (χ4v) is 1.15. The topological polar surface area (TPSA) is 69.4 Å². The van der Waals surface area contributed by atoms with E-state index in [1.807, 2.05) is 0 Å². The first kappa shape index (κ1) is 12.9. The largest absolute Gasteiger partial charge is 0.465 e. The Kier molecular flexibility index (Phi) is 3.35. The maximum atomic E-state index is 12.3. The van der Waals surface area contributed by atoms with Crippen LogP contribution in [0.2, 0.25) is 0 Å². The highest BCUT2D eigenvalue weighted by Crippen LogP contribution is 2.32. The number of hydrogen-bond donors (Lipinski definition) is 0. The van der Waals surface area contributed by atoms with E-state index in [1.165, 1.54) is 0 Å². The van der Waals surface area contributed by atoms with E-state index >= 15 is 0 Å². The van der Waals surface area contributed by atoms with Gasteiger partial charge in [-0.25, -0.2) is 4.79 Å². The van der Waals surface area contributed by atoms with E-state index in [1.54, 1.807) is 0 Å². The summed E-state index contributed by atoms with van der Waals surface area (Å²) in [5.41, 5.74) is -2.61. The highest BCUT2D eigenvalue weighted by Gasteiger charge is 2.33. The van der Waals surface area contributed by atoms with Gasteiger partial charge in [0.1, 0.15) is 5.56 Å². The number of esters is 1. The summed E-state index contributed by atoms with van der Waals surface area (Å²) in [6.45, 7) is 0. The van der Waals surface area contributed by atoms with Crippen LogP contribution in [-0.2, 0) is 10.9 Å². The third kappa shape index (κ3) is 2.71. The minimum Gasteiger partial charge on any atom is -0.465 e. The molecule has 0 saturated heterocycles. The third-order valence-electron chi connectivity index (χ3n) is 1.93. The van der Waals surface area contributed by atoms with Gasteiger partial charge < -0.3 is 4.74 Å². The van der Waals surface area contributed by atoms with Crippen LogP contribution in [0.3, 0.4) is 0 Å². The fourth-order valence-electron chi connectivity index (χ4n) is 1.15. The minimum absolute atomic E-state index is 0.393. The fraction of sp³-hybridized carbons (Fsp3) is 0.222. The number of ether oxygens (including phenoxy) is 1. The molecule has 1 rings (SSSR count). The lowest BCUT2D eigenvalue weighted by Gasteiger charge is -2.08. The Morgan fingerprint density at radius 2 is 2.00 bits per heavy atom. The SMILES string of the molecule is COC(=O)c1cc(C(F)(F)F)ccc1[N+](=O)[O-]. The smallest absolute Gasteiger partial charge is 0.416 e. The van der Waals surface area contributed by atoms with Crippen LogP contribution in [0.15, 0.2) is 18.2 Å². The molecule has 0 aromatic heterocycles. The molecule has 1 aromatic rings. The lowest BCUT2D eigenvalue weighted by atomic mass is 10.1. The first-order valence-corrected chi connectivity index (χ1v) is 4.21. The minimum atomic E-state index is -4.68. The normalized spacial score (nSPS) is 11.1. The van der Waals surface area contributed by atoms with E-state index in [-0.39, 0.29) is 0 Å². The van der Waals surface area contributed by atoms with Gasteiger partial charge in [-0.1, -0.05) is 0 Å². The number of carbonyl (C=O) groups excluding carboxylic acids is 1. The first-order chi connectivity index (χ1) is 7.77. The predicted octanol–water partition coefficient (Wildman–Crippen LogP) is 2.40. The molecule has 0 fully saturated rings. The average molecular weight is 249 g/mol. The number of nitro groups is 1. The summed E-state index contributed by atoms with van der Waals surface area (Å²) in [4.78, 5) is 20.7. The van der Waals surface area contributed by atoms with Gasteiger partial charge in [0.15, 0.2) is 0 Å². The van der Waals surface area contributed by atoms with Gasteiger partial charge in [0.05, 0.1) is 17.6 Å². The third-order valence-corrected chi connectivity index (χ3v) is 1.93. The van der Waals surface area contributed by atoms with Crippen LogP contribution in [0, 0.1) is 10.1 Å². The van der Waals surface area contributed by atoms with Gasteiger partial charge in [-0.3, -0.25) is 10.1 Å². The summed E-state index contributed by atoms with van der Waals surface area (Å²) in [6, 6.07) is 1.55. The van der Waals surface area contributed by atoms with Crippen LogP contribution < -0.4 is 0 Å². The molecule has 0 spiro atoms. The average Bonchev–Trinajstić information content (AvgIpc) is 2.25. The summed E-state index contributed by atoms with van der Waals surface area (Å²) in [5, 5.41) is 10.5. The number of methoxy groups -OCH3 is 1. The zero-order valence-electron chi connectivity index (χ0n) is 8.45. The number of benzene rings is 1. The molecule has 0 atom stereocenters. The number of alkyl halides is 3. The number of carbonyl (C=O) groups is 1. The van der Waals surface area contributed by atoms with Crippen molar-refractivity contribution in [1.29, 1.82) is 0 Å². The number of rotatable bonds is 2. The lowest BCUT2D eigenvalue weighted by molar-refractivity contribution is -0.385. The maximum absolute atomic E-state index is 12.3. The molecule has 5 nitrogen and oxygen atoms in total. The molecule has 1 aromatic carbocycles. The summed E-state index contributed by atoms with van der Waals surface area (Å²) < 4.78 is 41.2. The molecule has 0 aliphatic carbocycles. The molecule has 8 heteroatoms. The Morgan fingerprint density at radius 3 is 2.41 bits per heavy atom. The van der Waals surface area contributed by atoms with Crippen LogP contribution >= 0.6 is 0 Å². The van der Waals surface area contributed by atoms with Crippen molar-refractivity contribution in [3.05, 3.63) is 39.4 Å². The van der Waals surface area contributed by atoms with E-state index in [0.717, 1.165) is 7.11 Å². The number of halogens is 3. The number of hydrogen-bond acceptors (Lipinski definition) is 4. The Bertz CT molecular complexity index is 470. The summed E-state index contributed by atoms with van der Waals surface area (Å²) >= 11 is 0. The Labute approximate surface area is 93.0 Å². The Morgan fingerprint density at radius 1 is 1.41 bits per heavy atom. The van der Waals surface area contributed by atoms with Crippen molar-refractivity contribution in [2.24, 2.45) is 0 Å². The summed E-state index contributed by atoms with van der Waals surface area (Å²) in [5.74, 6) is -1.19. The van der Waals surface area contributed by atoms with Gasteiger partial charge >= 0.3 is 12.1 Å². The van der Waals surface area contributed by atoms with Gasteiger partial charge in [-0.05, 0) is 12.1 Å². The summed E-state index contributed by atoms with van der Waals surface area (Å²) in [7, 11) is 0.923. The van der Waals surface area contributed by atoms with Crippen molar-refractivity contribution in [2.45, 2.75) is 6.18 Å². The van der Waals surface area contributed by atoms with Crippen LogP contribution in [0.1, 0.15) is 15.9 Å². The second-order valence-electron chi connectivity index (χ2n) is 2.98. The molecular weight excluding hydrogens is 243 g/mol. The van der Waals surface area contributed by atoms with Crippen LogP contribution in [0.5, 0.6) is 0 Å². The van der Waals surface area contributed by atoms with Crippen molar-refractivity contribution in [3.8, 4) is 0 Å². The first-order valence-electron chi connectivity index (χ1n) is 4.21. The monoisotopic (exact) mass is 249 g/mol. The van der Waals surface area contributed by atoms with Gasteiger partial charge in [0.2, 0.25) is 0 Å². The molecule has 17 heavy (non-hydrogen) atoms. The van der Waals surface area contributed by atoms with Crippen molar-refractivity contribution < 1.29 is 27.6 Å². The zero-order chi connectivity index (χ0) is 13.2. The molecule has 0 heterocycles. The molecule has 0 amide bonds. The van der Waals surface area contributed by atoms with E-state index in [9.17, 15) is 28.1 Å². The van der Waals surface area contributed by atoms with Crippen molar-refractivity contribution >= 4 is 11.7 Å². The highest BCUT2D eigenvalue weighted by molar-refractivity contribution is 5.94. The van der Waals surface area contributed by atoms with Gasteiger partial charge in [-0.2, -0.15) is 13.2 Å². The molecular formula is C9H6F3NO4. The highest BCUT2D eigenvalue weighted by atomic mass is 19.4. The second kappa shape index (κ2) is 4.40. The van der Waals surface area contributed by atoms with E-state index in [4.69, 9.17) is 0 Å². The molecule has 0 aliphatic rings. The zero-order valence-corrected chi connectivity index (χ0v) is 8.45. The molecule has 0 bridgehead atoms. The van der Waals surface area contributed by atoms with Crippen LogP contribution in [0.4, 0.5) is 18.9 Å². The molecule has 0 radical (unpaired) electrons. The number of nitrogens with zero attached hydrogens (tertiary/aromatic N) is 1. The molecule has 0 N–H and O–H groups in total. The second-order valence-corrected chi connectivity index (χ2v) is 2.98. The molecule has 92 valence electrons. The summed E-state index contributed by atoms with van der Waals surface area (Å²) in [6.07, 6.45) is -4.68. The van der Waals surface area contributed by atoms with Gasteiger partial charge in [0, 0.05) is 6.07 Å². The van der Waals surface area contributed by atoms with E-state index in [2.05, 4.69) is 4.74 Å². The van der Waals surface area contributed by atoms with E-state index < -0.39 is 33.9 Å². The Hall–Kier alpha value is -2.12. The lowest BCUT2D eigenvalue weighted by Crippen LogP contribution is -2.10. The Balaban J connectivity index is 3.39. The van der Waals surface area contributed by atoms with Crippen LogP contribution in [-0.4, -0.2) is 18.0 Å². The number of nitro benzene ring substituents is 1. The van der Waals surface area contributed by atoms with Crippen molar-refractivity contribution in [1.82, 2.24) is 0 Å². The molecule has 0 saturated carbocycles. The van der Waals surface area contributed by atoms with Crippen LogP contribution in [0.25, 0.3) is 0 Å². The van der Waals surface area contributed by atoms with Crippen molar-refractivity contribution in [2.75, 3.05) is 7.11 Å². The standard InChI is InChI=1S/C9H6F3NO4/c1-17-8(14)6-4-5(9(10,11)12)2-3-7(6)13(15)16/h2-4H,1H3. The molecule has 0 aliphatic heterocycles. The molecule has 0 unspecified atom stereocenters. The van der Waals surface area contributed by atoms with E-state index in [0.29, 0.717) is 18.2 Å². The van der Waals surface area contributed by atoms with Gasteiger partial charge in [-0.15, -0.1) is 0 Å². The maximum Gasteiger partial charge on any atom is 0.416 e. The quantitative estimate of drug-likeness (QED) is 0.458. The van der Waals surface area contributed by atoms with Gasteiger partial charge in [0.25, 0.3) is 5.69 Å². The predicted molar refractivity (Wildman–Crippen MR) is 49.4 cm³/mol.